The molecular formula is C18H23N3O7. The number of aliphatic hydroxyl groups is 4. The maximum atomic E-state index is 12.1. The molecule has 152 valence electrons. The molecule has 2 aromatic rings. The standard InChI is InChI=1S/C18H23N3O7/c19-16-11(7-21(18(26)20-16)6-10-4-2-1-3-5-10)9-27-17-15(25)14(24)13(23)12(8-22)28-17/h1-5,7,12-15,17,22-25H,6,8-9H2,(H2,19,20,26)/t12-,13-,14+,15-,17-/m1/s1. The average molecular weight is 393 g/mol. The number of anilines is 1. The molecule has 1 aromatic carbocycles. The Morgan fingerprint density at radius 1 is 1.14 bits per heavy atom. The molecule has 28 heavy (non-hydrogen) atoms. The molecule has 10 nitrogen and oxygen atoms in total. The van der Waals surface area contributed by atoms with Gasteiger partial charge in [-0.1, -0.05) is 30.3 Å². The maximum Gasteiger partial charge on any atom is 0.349 e. The van der Waals surface area contributed by atoms with Crippen LogP contribution < -0.4 is 11.4 Å². The smallest absolute Gasteiger partial charge is 0.349 e. The molecule has 0 aliphatic carbocycles. The number of nitrogen functional groups attached to an aromatic ring is 1. The summed E-state index contributed by atoms with van der Waals surface area (Å²) in [5.74, 6) is -0.0288. The van der Waals surface area contributed by atoms with Crippen LogP contribution in [-0.2, 0) is 22.6 Å². The Balaban J connectivity index is 1.73. The van der Waals surface area contributed by atoms with Crippen LogP contribution in [0.15, 0.2) is 41.3 Å². The van der Waals surface area contributed by atoms with Gasteiger partial charge in [-0.3, -0.25) is 4.57 Å². The molecule has 0 saturated carbocycles. The molecule has 10 heteroatoms. The maximum absolute atomic E-state index is 12.1. The van der Waals surface area contributed by atoms with Crippen molar-refractivity contribution in [2.24, 2.45) is 0 Å². The van der Waals surface area contributed by atoms with Gasteiger partial charge >= 0.3 is 5.69 Å². The molecule has 0 spiro atoms. The third-order valence-corrected chi connectivity index (χ3v) is 4.55. The van der Waals surface area contributed by atoms with E-state index in [2.05, 4.69) is 4.98 Å². The number of rotatable bonds is 6. The SMILES string of the molecule is Nc1nc(=O)n(Cc2ccccc2)cc1CO[C@@H]1O[C@H](CO)[C@@H](O)[C@H](O)[C@H]1O. The summed E-state index contributed by atoms with van der Waals surface area (Å²) < 4.78 is 12.1. The summed E-state index contributed by atoms with van der Waals surface area (Å²) in [6.07, 6.45) is -5.42. The minimum absolute atomic E-state index is 0.0288. The lowest BCUT2D eigenvalue weighted by molar-refractivity contribution is -0.304. The van der Waals surface area contributed by atoms with Gasteiger partial charge in [0.15, 0.2) is 6.29 Å². The van der Waals surface area contributed by atoms with E-state index in [1.165, 1.54) is 10.8 Å². The van der Waals surface area contributed by atoms with E-state index < -0.39 is 43.0 Å². The Hall–Kier alpha value is -2.34. The Labute approximate surface area is 160 Å². The van der Waals surface area contributed by atoms with Crippen LogP contribution in [0, 0.1) is 0 Å². The first-order valence-electron chi connectivity index (χ1n) is 8.72. The average Bonchev–Trinajstić information content (AvgIpc) is 2.69. The highest BCUT2D eigenvalue weighted by atomic mass is 16.7. The zero-order valence-corrected chi connectivity index (χ0v) is 15.0. The van der Waals surface area contributed by atoms with Gasteiger partial charge in [0, 0.05) is 11.8 Å². The highest BCUT2D eigenvalue weighted by Crippen LogP contribution is 2.23. The predicted octanol–water partition coefficient (Wildman–Crippen LogP) is -1.81. The van der Waals surface area contributed by atoms with Gasteiger partial charge in [0.1, 0.15) is 30.2 Å². The van der Waals surface area contributed by atoms with Crippen molar-refractivity contribution in [3.63, 3.8) is 0 Å². The van der Waals surface area contributed by atoms with Crippen molar-refractivity contribution < 1.29 is 29.9 Å². The zero-order valence-electron chi connectivity index (χ0n) is 15.0. The van der Waals surface area contributed by atoms with Crippen LogP contribution in [0.2, 0.25) is 0 Å². The van der Waals surface area contributed by atoms with Crippen LogP contribution in [-0.4, -0.2) is 67.3 Å². The monoisotopic (exact) mass is 393 g/mol. The normalized spacial score (nSPS) is 27.6. The van der Waals surface area contributed by atoms with Crippen molar-refractivity contribution >= 4 is 5.82 Å². The first-order valence-corrected chi connectivity index (χ1v) is 8.72. The molecule has 6 N–H and O–H groups in total. The van der Waals surface area contributed by atoms with Gasteiger partial charge in [0.2, 0.25) is 0 Å². The van der Waals surface area contributed by atoms with E-state index in [1.807, 2.05) is 30.3 Å². The molecule has 1 aromatic heterocycles. The molecule has 0 unspecified atom stereocenters. The number of benzene rings is 1. The second-order valence-corrected chi connectivity index (χ2v) is 6.56. The first kappa shape index (κ1) is 20.4. The minimum Gasteiger partial charge on any atom is -0.394 e. The van der Waals surface area contributed by atoms with Crippen LogP contribution in [0.5, 0.6) is 0 Å². The molecule has 1 aliphatic heterocycles. The second kappa shape index (κ2) is 8.78. The molecule has 1 fully saturated rings. The van der Waals surface area contributed by atoms with E-state index in [-0.39, 0.29) is 12.4 Å². The van der Waals surface area contributed by atoms with Crippen molar-refractivity contribution in [2.75, 3.05) is 12.3 Å². The number of nitrogens with zero attached hydrogens (tertiary/aromatic N) is 2. The fourth-order valence-corrected chi connectivity index (χ4v) is 2.93. The van der Waals surface area contributed by atoms with Gasteiger partial charge in [0.25, 0.3) is 0 Å². The van der Waals surface area contributed by atoms with Crippen LogP contribution in [0.4, 0.5) is 5.82 Å². The van der Waals surface area contributed by atoms with Crippen LogP contribution >= 0.6 is 0 Å². The number of hydrogen-bond donors (Lipinski definition) is 5. The van der Waals surface area contributed by atoms with E-state index in [1.54, 1.807) is 0 Å². The van der Waals surface area contributed by atoms with Crippen molar-refractivity contribution in [2.45, 2.75) is 43.9 Å². The molecular weight excluding hydrogens is 370 g/mol. The number of aliphatic hydroxyl groups excluding tert-OH is 4. The summed E-state index contributed by atoms with van der Waals surface area (Å²) in [6.45, 7) is -0.437. The Morgan fingerprint density at radius 3 is 2.54 bits per heavy atom. The molecule has 0 radical (unpaired) electrons. The van der Waals surface area contributed by atoms with Gasteiger partial charge in [-0.15, -0.1) is 0 Å². The summed E-state index contributed by atoms with van der Waals surface area (Å²) in [7, 11) is 0. The summed E-state index contributed by atoms with van der Waals surface area (Å²) in [4.78, 5) is 15.9. The fraction of sp³-hybridized carbons (Fsp3) is 0.444. The number of aromatic nitrogens is 2. The fourth-order valence-electron chi connectivity index (χ4n) is 2.93. The molecule has 2 heterocycles. The first-order chi connectivity index (χ1) is 13.4. The van der Waals surface area contributed by atoms with Crippen molar-refractivity contribution in [1.29, 1.82) is 0 Å². The molecule has 5 atom stereocenters. The van der Waals surface area contributed by atoms with Gasteiger partial charge in [-0.2, -0.15) is 4.98 Å². The molecule has 1 saturated heterocycles. The van der Waals surface area contributed by atoms with Gasteiger partial charge in [-0.05, 0) is 5.56 Å². The Bertz CT molecular complexity index is 843. The summed E-state index contributed by atoms with van der Waals surface area (Å²) >= 11 is 0. The largest absolute Gasteiger partial charge is 0.394 e. The molecule has 0 amide bonds. The Kier molecular flexibility index (Phi) is 6.39. The van der Waals surface area contributed by atoms with E-state index >= 15 is 0 Å². The van der Waals surface area contributed by atoms with Crippen molar-refractivity contribution in [3.05, 3.63) is 58.1 Å². The van der Waals surface area contributed by atoms with Crippen molar-refractivity contribution in [3.8, 4) is 0 Å². The number of hydrogen-bond acceptors (Lipinski definition) is 9. The van der Waals surface area contributed by atoms with E-state index in [4.69, 9.17) is 15.2 Å². The van der Waals surface area contributed by atoms with E-state index in [0.717, 1.165) is 5.56 Å². The highest BCUT2D eigenvalue weighted by Gasteiger charge is 2.44. The summed E-state index contributed by atoms with van der Waals surface area (Å²) in [5.41, 5.74) is 6.57. The van der Waals surface area contributed by atoms with Gasteiger partial charge < -0.3 is 35.6 Å². The third-order valence-electron chi connectivity index (χ3n) is 4.55. The quantitative estimate of drug-likeness (QED) is 0.381. The lowest BCUT2D eigenvalue weighted by Gasteiger charge is -2.39. The lowest BCUT2D eigenvalue weighted by Crippen LogP contribution is -2.59. The number of ether oxygens (including phenoxy) is 2. The topological polar surface area (TPSA) is 160 Å². The lowest BCUT2D eigenvalue weighted by atomic mass is 9.99. The van der Waals surface area contributed by atoms with Crippen LogP contribution in [0.1, 0.15) is 11.1 Å². The van der Waals surface area contributed by atoms with Crippen molar-refractivity contribution in [1.82, 2.24) is 9.55 Å². The minimum atomic E-state index is -1.54. The zero-order chi connectivity index (χ0) is 20.3. The van der Waals surface area contributed by atoms with E-state index in [0.29, 0.717) is 12.1 Å². The summed E-state index contributed by atoms with van der Waals surface area (Å²) in [5, 5.41) is 38.8. The molecule has 3 rings (SSSR count). The van der Waals surface area contributed by atoms with Gasteiger partial charge in [0.05, 0.1) is 19.8 Å². The second-order valence-electron chi connectivity index (χ2n) is 6.56. The molecule has 0 bridgehead atoms. The Morgan fingerprint density at radius 2 is 1.86 bits per heavy atom. The predicted molar refractivity (Wildman–Crippen MR) is 97.0 cm³/mol. The summed E-state index contributed by atoms with van der Waals surface area (Å²) in [6, 6.07) is 9.32. The van der Waals surface area contributed by atoms with Crippen LogP contribution in [0.25, 0.3) is 0 Å². The highest BCUT2D eigenvalue weighted by molar-refractivity contribution is 5.36. The van der Waals surface area contributed by atoms with Crippen LogP contribution in [0.3, 0.4) is 0 Å². The molecule has 1 aliphatic rings. The number of nitrogens with two attached hydrogens (primary N) is 1. The third kappa shape index (κ3) is 4.38. The van der Waals surface area contributed by atoms with Gasteiger partial charge in [-0.25, -0.2) is 4.79 Å². The van der Waals surface area contributed by atoms with E-state index in [9.17, 15) is 25.2 Å².